The van der Waals surface area contributed by atoms with Gasteiger partial charge in [-0.2, -0.15) is 0 Å². The van der Waals surface area contributed by atoms with E-state index in [1.807, 2.05) is 13.8 Å². The smallest absolute Gasteiger partial charge is 0.410 e. The van der Waals surface area contributed by atoms with E-state index >= 15 is 0 Å². The van der Waals surface area contributed by atoms with Crippen LogP contribution in [0.3, 0.4) is 0 Å². The number of cyclic esters (lactones) is 1. The molecule has 1 rings (SSSR count). The highest BCUT2D eigenvalue weighted by Crippen LogP contribution is 2.34. The van der Waals surface area contributed by atoms with Crippen LogP contribution in [0.2, 0.25) is 0 Å². The Kier molecular flexibility index (Phi) is 3.09. The molecule has 4 heteroatoms. The third-order valence-corrected chi connectivity index (χ3v) is 2.87. The number of carbonyl (C=O) groups excluding carboxylic acids is 1. The molecule has 2 N–H and O–H groups in total. The zero-order valence-electron chi connectivity index (χ0n) is 9.76. The number of aliphatic hydroxyl groups is 1. The van der Waals surface area contributed by atoms with Gasteiger partial charge in [-0.15, -0.1) is 0 Å². The second kappa shape index (κ2) is 3.85. The molecule has 1 amide bonds. The minimum Gasteiger partial charge on any atom is -0.438 e. The predicted molar refractivity (Wildman–Crippen MR) is 57.3 cm³/mol. The van der Waals surface area contributed by atoms with E-state index in [1.54, 1.807) is 13.8 Å². The van der Waals surface area contributed by atoms with Gasteiger partial charge in [0.1, 0.15) is 0 Å². The molecule has 1 aliphatic rings. The average molecular weight is 213 g/mol. The van der Waals surface area contributed by atoms with Gasteiger partial charge >= 0.3 is 6.09 Å². The van der Waals surface area contributed by atoms with E-state index in [0.29, 0.717) is 6.42 Å². The Labute approximate surface area is 90.3 Å². The molecular weight excluding hydrogens is 194 g/mol. The summed E-state index contributed by atoms with van der Waals surface area (Å²) in [6.07, 6.45) is 2.89. The van der Waals surface area contributed by atoms with Crippen molar-refractivity contribution in [2.24, 2.45) is 0 Å². The van der Waals surface area contributed by atoms with Crippen molar-refractivity contribution in [3.8, 4) is 0 Å². The number of amides is 1. The molecule has 15 heavy (non-hydrogen) atoms. The van der Waals surface area contributed by atoms with Crippen LogP contribution >= 0.6 is 0 Å². The lowest BCUT2D eigenvalue weighted by Gasteiger charge is -2.32. The lowest BCUT2D eigenvalue weighted by molar-refractivity contribution is -0.0973. The normalized spacial score (nSPS) is 34.6. The number of nitrogens with one attached hydrogen (secondary N) is 1. The van der Waals surface area contributed by atoms with E-state index in [0.717, 1.165) is 6.42 Å². The van der Waals surface area contributed by atoms with E-state index < -0.39 is 17.4 Å². The average Bonchev–Trinajstić information content (AvgIpc) is 2.19. The van der Waals surface area contributed by atoms with Crippen molar-refractivity contribution in [2.75, 3.05) is 0 Å². The van der Waals surface area contributed by atoms with Crippen LogP contribution in [0, 0.1) is 0 Å². The number of hydrogen-bond acceptors (Lipinski definition) is 3. The number of hydrogen-bond donors (Lipinski definition) is 2. The van der Waals surface area contributed by atoms with Gasteiger partial charge in [0.2, 0.25) is 0 Å². The summed E-state index contributed by atoms with van der Waals surface area (Å²) in [6, 6.07) is 0. The van der Waals surface area contributed by atoms with E-state index in [9.17, 15) is 9.90 Å². The highest BCUT2D eigenvalue weighted by molar-refractivity contribution is 5.71. The first-order valence-corrected chi connectivity index (χ1v) is 5.14. The van der Waals surface area contributed by atoms with Crippen molar-refractivity contribution in [1.29, 1.82) is 0 Å². The Bertz CT molecular complexity index is 292. The second-order valence-corrected chi connectivity index (χ2v) is 4.64. The van der Waals surface area contributed by atoms with Gasteiger partial charge in [-0.05, 0) is 40.5 Å². The summed E-state index contributed by atoms with van der Waals surface area (Å²) in [7, 11) is 0. The zero-order valence-corrected chi connectivity index (χ0v) is 9.76. The van der Waals surface area contributed by atoms with Crippen molar-refractivity contribution in [2.45, 2.75) is 51.9 Å². The molecule has 1 aliphatic heterocycles. The number of ether oxygens (including phenoxy) is 1. The molecule has 0 aromatic heterocycles. The van der Waals surface area contributed by atoms with Crippen LogP contribution in [-0.2, 0) is 4.74 Å². The third kappa shape index (κ3) is 2.50. The van der Waals surface area contributed by atoms with Gasteiger partial charge in [-0.3, -0.25) is 5.32 Å². The molecular formula is C11H19NO3. The topological polar surface area (TPSA) is 58.6 Å². The summed E-state index contributed by atoms with van der Waals surface area (Å²) in [5.74, 6) is 0. The van der Waals surface area contributed by atoms with Gasteiger partial charge < -0.3 is 9.84 Å². The van der Waals surface area contributed by atoms with E-state index in [-0.39, 0.29) is 0 Å². The highest BCUT2D eigenvalue weighted by Gasteiger charge is 2.53. The van der Waals surface area contributed by atoms with Crippen molar-refractivity contribution in [3.05, 3.63) is 11.6 Å². The standard InChI is InChI=1S/C11H19NO3/c1-8(2)6-5-7-10(3)11(4,14)12-9(13)15-10/h6,14H,5,7H2,1-4H3,(H,12,13). The largest absolute Gasteiger partial charge is 0.438 e. The van der Waals surface area contributed by atoms with Crippen molar-refractivity contribution in [3.63, 3.8) is 0 Å². The van der Waals surface area contributed by atoms with Gasteiger partial charge in [-0.25, -0.2) is 4.79 Å². The van der Waals surface area contributed by atoms with Crippen LogP contribution in [0.15, 0.2) is 11.6 Å². The predicted octanol–water partition coefficient (Wildman–Crippen LogP) is 1.94. The van der Waals surface area contributed by atoms with Crippen LogP contribution in [0.25, 0.3) is 0 Å². The van der Waals surface area contributed by atoms with Crippen LogP contribution in [0.5, 0.6) is 0 Å². The molecule has 0 aromatic carbocycles. The molecule has 2 unspecified atom stereocenters. The second-order valence-electron chi connectivity index (χ2n) is 4.64. The molecule has 2 atom stereocenters. The lowest BCUT2D eigenvalue weighted by atomic mass is 9.89. The molecule has 0 radical (unpaired) electrons. The Morgan fingerprint density at radius 1 is 1.53 bits per heavy atom. The maximum Gasteiger partial charge on any atom is 0.410 e. The molecule has 1 heterocycles. The number of rotatable bonds is 3. The summed E-state index contributed by atoms with van der Waals surface area (Å²) in [4.78, 5) is 11.1. The zero-order chi connectivity index (χ0) is 11.7. The molecule has 1 saturated heterocycles. The van der Waals surface area contributed by atoms with Gasteiger partial charge in [0.05, 0.1) is 0 Å². The molecule has 86 valence electrons. The van der Waals surface area contributed by atoms with Gasteiger partial charge in [-0.1, -0.05) is 11.6 Å². The molecule has 0 saturated carbocycles. The maximum atomic E-state index is 11.1. The Morgan fingerprint density at radius 2 is 2.13 bits per heavy atom. The summed E-state index contributed by atoms with van der Waals surface area (Å²) >= 11 is 0. The molecule has 0 spiro atoms. The number of allylic oxidation sites excluding steroid dienone is 2. The summed E-state index contributed by atoms with van der Waals surface area (Å²) in [5, 5.41) is 12.4. The molecule has 0 bridgehead atoms. The fourth-order valence-corrected chi connectivity index (χ4v) is 1.59. The summed E-state index contributed by atoms with van der Waals surface area (Å²) in [5.41, 5.74) is -0.925. The Balaban J connectivity index is 2.66. The fourth-order valence-electron chi connectivity index (χ4n) is 1.59. The first kappa shape index (κ1) is 12.0. The number of alkyl carbamates (subject to hydrolysis) is 1. The molecule has 0 aromatic rings. The maximum absolute atomic E-state index is 11.1. The minimum absolute atomic E-state index is 0.556. The Hall–Kier alpha value is -1.03. The van der Waals surface area contributed by atoms with E-state index in [2.05, 4.69) is 11.4 Å². The quantitative estimate of drug-likeness (QED) is 0.704. The lowest BCUT2D eigenvalue weighted by Crippen LogP contribution is -2.52. The first-order chi connectivity index (χ1) is 6.77. The van der Waals surface area contributed by atoms with Gasteiger partial charge in [0.25, 0.3) is 0 Å². The molecule has 4 nitrogen and oxygen atoms in total. The highest BCUT2D eigenvalue weighted by atomic mass is 16.6. The van der Waals surface area contributed by atoms with Crippen molar-refractivity contribution in [1.82, 2.24) is 5.32 Å². The SMILES string of the molecule is CC(C)=CCCC1(C)OC(=O)NC1(C)O. The number of carbonyl (C=O) groups is 1. The first-order valence-electron chi connectivity index (χ1n) is 5.14. The third-order valence-electron chi connectivity index (χ3n) is 2.87. The Morgan fingerprint density at radius 3 is 2.53 bits per heavy atom. The van der Waals surface area contributed by atoms with Crippen LogP contribution in [-0.4, -0.2) is 22.5 Å². The van der Waals surface area contributed by atoms with Crippen LogP contribution < -0.4 is 5.32 Å². The van der Waals surface area contributed by atoms with E-state index in [4.69, 9.17) is 4.74 Å². The van der Waals surface area contributed by atoms with Crippen LogP contribution in [0.4, 0.5) is 4.79 Å². The molecule has 1 fully saturated rings. The van der Waals surface area contributed by atoms with Crippen LogP contribution in [0.1, 0.15) is 40.5 Å². The monoisotopic (exact) mass is 213 g/mol. The van der Waals surface area contributed by atoms with Gasteiger partial charge in [0.15, 0.2) is 11.3 Å². The van der Waals surface area contributed by atoms with Gasteiger partial charge in [0, 0.05) is 0 Å². The summed E-state index contributed by atoms with van der Waals surface area (Å²) in [6.45, 7) is 7.32. The summed E-state index contributed by atoms with van der Waals surface area (Å²) < 4.78 is 5.12. The fraction of sp³-hybridized carbons (Fsp3) is 0.727. The molecule has 0 aliphatic carbocycles. The van der Waals surface area contributed by atoms with Crippen molar-refractivity contribution >= 4 is 6.09 Å². The minimum atomic E-state index is -1.29. The van der Waals surface area contributed by atoms with Crippen molar-refractivity contribution < 1.29 is 14.6 Å². The van der Waals surface area contributed by atoms with E-state index in [1.165, 1.54) is 5.57 Å².